The van der Waals surface area contributed by atoms with Crippen LogP contribution < -0.4 is 11.1 Å². The maximum atomic E-state index is 13.1. The molecule has 2 aromatic heterocycles. The number of pyridine rings is 1. The molecule has 1 aliphatic heterocycles. The highest BCUT2D eigenvalue weighted by atomic mass is 19.1. The van der Waals surface area contributed by atoms with Gasteiger partial charge in [-0.2, -0.15) is 5.10 Å². The van der Waals surface area contributed by atoms with Gasteiger partial charge >= 0.3 is 0 Å². The van der Waals surface area contributed by atoms with Crippen LogP contribution in [0.4, 0.5) is 15.9 Å². The fourth-order valence-electron chi connectivity index (χ4n) is 4.67. The third-order valence-electron chi connectivity index (χ3n) is 6.50. The van der Waals surface area contributed by atoms with E-state index < -0.39 is 5.91 Å². The van der Waals surface area contributed by atoms with Gasteiger partial charge in [0.25, 0.3) is 11.8 Å². The number of aromatic amines is 1. The summed E-state index contributed by atoms with van der Waals surface area (Å²) in [5.74, 6) is -0.467. The van der Waals surface area contributed by atoms with Crippen LogP contribution in [-0.4, -0.2) is 45.0 Å². The summed E-state index contributed by atoms with van der Waals surface area (Å²) in [5.41, 5.74) is 10.4. The summed E-state index contributed by atoms with van der Waals surface area (Å²) in [6, 6.07) is 9.00. The van der Waals surface area contributed by atoms with Crippen molar-refractivity contribution in [1.29, 1.82) is 0 Å². The molecule has 0 atom stereocenters. The highest BCUT2D eigenvalue weighted by Crippen LogP contribution is 2.30. The molecule has 1 saturated heterocycles. The van der Waals surface area contributed by atoms with Gasteiger partial charge < -0.3 is 16.0 Å². The number of piperidine rings is 1. The van der Waals surface area contributed by atoms with E-state index in [1.54, 1.807) is 6.07 Å². The third kappa shape index (κ3) is 4.18. The molecule has 1 fully saturated rings. The number of carbonyl (C=O) groups excluding carboxylic acids is 2. The van der Waals surface area contributed by atoms with Crippen LogP contribution in [0.3, 0.4) is 0 Å². The second kappa shape index (κ2) is 8.65. The number of hydrogen-bond donors (Lipinski definition) is 3. The van der Waals surface area contributed by atoms with E-state index in [9.17, 15) is 14.0 Å². The van der Waals surface area contributed by atoms with Crippen molar-refractivity contribution in [2.24, 2.45) is 0 Å². The van der Waals surface area contributed by atoms with Crippen LogP contribution in [0.2, 0.25) is 0 Å². The Labute approximate surface area is 190 Å². The lowest BCUT2D eigenvalue weighted by atomic mass is 9.92. The summed E-state index contributed by atoms with van der Waals surface area (Å²) in [6.07, 6.45) is 4.48. The molecule has 33 heavy (non-hydrogen) atoms. The molecular formula is C24H25FN6O2. The number of fused-ring (bicyclic) bond motifs is 1. The summed E-state index contributed by atoms with van der Waals surface area (Å²) in [7, 11) is 0. The zero-order valence-corrected chi connectivity index (χ0v) is 18.1. The summed E-state index contributed by atoms with van der Waals surface area (Å²) in [6.45, 7) is 1.25. The average molecular weight is 449 g/mol. The number of benzene rings is 1. The van der Waals surface area contributed by atoms with Crippen molar-refractivity contribution >= 4 is 23.3 Å². The Hall–Kier alpha value is -3.75. The zero-order valence-electron chi connectivity index (χ0n) is 18.1. The summed E-state index contributed by atoms with van der Waals surface area (Å²) in [4.78, 5) is 31.8. The number of aromatic nitrogens is 3. The first kappa shape index (κ1) is 21.1. The Morgan fingerprint density at radius 1 is 1.09 bits per heavy atom. The van der Waals surface area contributed by atoms with Crippen molar-refractivity contribution < 1.29 is 14.0 Å². The summed E-state index contributed by atoms with van der Waals surface area (Å²) >= 11 is 0. The Bertz CT molecular complexity index is 1200. The van der Waals surface area contributed by atoms with Gasteiger partial charge in [-0.3, -0.25) is 14.7 Å². The molecule has 4 N–H and O–H groups in total. The summed E-state index contributed by atoms with van der Waals surface area (Å²) < 4.78 is 13.1. The molecule has 0 spiro atoms. The largest absolute Gasteiger partial charge is 0.383 e. The molecule has 2 aliphatic rings. The van der Waals surface area contributed by atoms with Crippen LogP contribution in [-0.2, 0) is 12.8 Å². The minimum atomic E-state index is -0.398. The van der Waals surface area contributed by atoms with Gasteiger partial charge in [0.2, 0.25) is 0 Å². The first-order chi connectivity index (χ1) is 16.0. The van der Waals surface area contributed by atoms with Gasteiger partial charge in [-0.05, 0) is 68.5 Å². The Kier molecular flexibility index (Phi) is 5.53. The van der Waals surface area contributed by atoms with E-state index in [2.05, 4.69) is 20.5 Å². The van der Waals surface area contributed by atoms with Crippen LogP contribution in [0, 0.1) is 5.82 Å². The third-order valence-corrected chi connectivity index (χ3v) is 6.50. The fraction of sp³-hybridized carbons (Fsp3) is 0.333. The quantitative estimate of drug-likeness (QED) is 0.566. The minimum absolute atomic E-state index is 0.00636. The minimum Gasteiger partial charge on any atom is -0.383 e. The maximum Gasteiger partial charge on any atom is 0.274 e. The number of carbonyl (C=O) groups is 2. The number of likely N-dealkylation sites (tertiary alicyclic amines) is 1. The van der Waals surface area contributed by atoms with Crippen molar-refractivity contribution in [3.63, 3.8) is 0 Å². The predicted molar refractivity (Wildman–Crippen MR) is 121 cm³/mol. The number of hydrogen-bond acceptors (Lipinski definition) is 5. The molecule has 2 amide bonds. The normalized spacial score (nSPS) is 16.0. The predicted octanol–water partition coefficient (Wildman–Crippen LogP) is 3.29. The number of H-pyrrole nitrogens is 1. The second-order valence-electron chi connectivity index (χ2n) is 8.58. The number of nitrogen functional groups attached to an aromatic ring is 1. The van der Waals surface area contributed by atoms with Gasteiger partial charge in [-0.1, -0.05) is 0 Å². The van der Waals surface area contributed by atoms with E-state index in [1.807, 2.05) is 11.0 Å². The maximum absolute atomic E-state index is 13.1. The molecular weight excluding hydrogens is 423 g/mol. The number of anilines is 2. The lowest BCUT2D eigenvalue weighted by Crippen LogP contribution is -2.38. The van der Waals surface area contributed by atoms with Crippen molar-refractivity contribution in [1.82, 2.24) is 20.1 Å². The van der Waals surface area contributed by atoms with Gasteiger partial charge in [-0.25, -0.2) is 9.37 Å². The summed E-state index contributed by atoms with van der Waals surface area (Å²) in [5, 5.41) is 9.97. The molecule has 9 heteroatoms. The van der Waals surface area contributed by atoms with Crippen molar-refractivity contribution in [2.45, 2.75) is 38.0 Å². The zero-order chi connectivity index (χ0) is 22.9. The number of rotatable bonds is 4. The van der Waals surface area contributed by atoms with Gasteiger partial charge in [-0.15, -0.1) is 0 Å². The standard InChI is InChI=1S/C24H25FN6O2/c25-15-4-6-16(7-5-15)27-23(32)18-8-9-19(28-22(18)26)14-10-12-31(13-11-14)24(33)21-17-2-1-3-20(17)29-30-21/h4-9,14H,1-3,10-13H2,(H2,26,28)(H,27,32)(H,29,30). The van der Waals surface area contributed by atoms with Crippen LogP contribution in [0.15, 0.2) is 36.4 Å². The van der Waals surface area contributed by atoms with Gasteiger partial charge in [0.1, 0.15) is 11.6 Å². The average Bonchev–Trinajstić information content (AvgIpc) is 3.44. The van der Waals surface area contributed by atoms with E-state index in [0.717, 1.165) is 49.1 Å². The molecule has 0 radical (unpaired) electrons. The van der Waals surface area contributed by atoms with E-state index in [1.165, 1.54) is 24.3 Å². The molecule has 0 saturated carbocycles. The second-order valence-corrected chi connectivity index (χ2v) is 8.58. The van der Waals surface area contributed by atoms with Crippen LogP contribution in [0.25, 0.3) is 0 Å². The molecule has 5 rings (SSSR count). The number of amides is 2. The highest BCUT2D eigenvalue weighted by molar-refractivity contribution is 6.07. The van der Waals surface area contributed by atoms with Gasteiger partial charge in [0.15, 0.2) is 5.69 Å². The number of nitrogens with two attached hydrogens (primary N) is 1. The highest BCUT2D eigenvalue weighted by Gasteiger charge is 2.30. The fourth-order valence-corrected chi connectivity index (χ4v) is 4.67. The molecule has 3 heterocycles. The number of halogens is 1. The van der Waals surface area contributed by atoms with Crippen molar-refractivity contribution in [3.05, 3.63) is 70.4 Å². The molecule has 0 unspecified atom stereocenters. The Morgan fingerprint density at radius 2 is 1.85 bits per heavy atom. The lowest BCUT2D eigenvalue weighted by Gasteiger charge is -2.31. The Morgan fingerprint density at radius 3 is 2.58 bits per heavy atom. The van der Waals surface area contributed by atoms with Crippen molar-refractivity contribution in [3.8, 4) is 0 Å². The first-order valence-electron chi connectivity index (χ1n) is 11.2. The van der Waals surface area contributed by atoms with Gasteiger partial charge in [0.05, 0.1) is 5.56 Å². The lowest BCUT2D eigenvalue weighted by molar-refractivity contribution is 0.0704. The Balaban J connectivity index is 1.22. The smallest absolute Gasteiger partial charge is 0.274 e. The molecule has 170 valence electrons. The number of nitrogens with zero attached hydrogens (tertiary/aromatic N) is 3. The van der Waals surface area contributed by atoms with E-state index >= 15 is 0 Å². The van der Waals surface area contributed by atoms with Crippen LogP contribution in [0.1, 0.15) is 63.0 Å². The van der Waals surface area contributed by atoms with E-state index in [4.69, 9.17) is 5.73 Å². The molecule has 8 nitrogen and oxygen atoms in total. The first-order valence-corrected chi connectivity index (χ1v) is 11.2. The molecule has 0 bridgehead atoms. The number of nitrogens with one attached hydrogen (secondary N) is 2. The molecule has 1 aromatic carbocycles. The monoisotopic (exact) mass is 448 g/mol. The number of aryl methyl sites for hydroxylation is 1. The SMILES string of the molecule is Nc1nc(C2CCN(C(=O)c3n[nH]c4c3CCC4)CC2)ccc1C(=O)Nc1ccc(F)cc1. The van der Waals surface area contributed by atoms with E-state index in [0.29, 0.717) is 24.5 Å². The van der Waals surface area contributed by atoms with E-state index in [-0.39, 0.29) is 29.0 Å². The molecule has 1 aliphatic carbocycles. The van der Waals surface area contributed by atoms with Crippen LogP contribution >= 0.6 is 0 Å². The van der Waals surface area contributed by atoms with Gasteiger partial charge in [0, 0.05) is 41.6 Å². The topological polar surface area (TPSA) is 117 Å². The van der Waals surface area contributed by atoms with Crippen LogP contribution in [0.5, 0.6) is 0 Å². The molecule has 3 aromatic rings. The van der Waals surface area contributed by atoms with Crippen molar-refractivity contribution in [2.75, 3.05) is 24.1 Å².